The number of hydrogen-bond acceptors (Lipinski definition) is 18. The first-order chi connectivity index (χ1) is 52.7. The van der Waals surface area contributed by atoms with Gasteiger partial charge in [-0.3, -0.25) is 28.3 Å². The van der Waals surface area contributed by atoms with Crippen molar-refractivity contribution in [2.24, 2.45) is 31.9 Å². The number of hydrogen-bond donors (Lipinski definition) is 5. The Morgan fingerprint density at radius 3 is 1.29 bits per heavy atom. The molecule has 3 fully saturated rings. The van der Waals surface area contributed by atoms with Gasteiger partial charge in [-0.25, -0.2) is 14.6 Å². The minimum absolute atomic E-state index is 0. The van der Waals surface area contributed by atoms with E-state index >= 15 is 0 Å². The number of nitrogen functional groups attached to an aromatic ring is 1. The van der Waals surface area contributed by atoms with Crippen LogP contribution in [0.4, 0.5) is 15.4 Å². The monoisotopic (exact) mass is 1990 g/mol. The normalized spacial score (nSPS) is 16.8. The van der Waals surface area contributed by atoms with Crippen LogP contribution in [0, 0.1) is 15.5 Å². The molecule has 12 rings (SSSR count). The number of halogens is 5. The van der Waals surface area contributed by atoms with Crippen LogP contribution in [0.15, 0.2) is 243 Å². The van der Waals surface area contributed by atoms with Crippen molar-refractivity contribution in [3.8, 4) is 11.1 Å². The minimum Gasteiger partial charge on any atom is -1.00 e. The molecule has 2 amide bonds. The molecule has 0 spiro atoms. The predicted molar refractivity (Wildman–Crippen MR) is 467 cm³/mol. The zero-order valence-corrected chi connectivity index (χ0v) is 80.9. The van der Waals surface area contributed by atoms with Crippen molar-refractivity contribution in [3.05, 3.63) is 293 Å². The minimum atomic E-state index is -4.67. The number of carbonyl (C=O) groups is 2. The number of aliphatic hydroxyl groups is 1. The number of rotatable bonds is 11. The number of alkyl halides is 1. The SMILES string of the molecule is CI.C[C@@H](c1ccc(-c2ccn(C)c(=O)c2)cc1)N1CC[C@](CC(C)(C)C)(c2ccccc2)OC1=O.C[C@@H](c1ccc(B2OC(C)(C)C(C)(C)O2)cc1)N1CC[C@](CC(C)(C)O)(c2ccccc2)OC1=O.Cn1ccc(Br)cc1=O.Cn1ccc(Br)cc1=O.Nc1cc(Br)ccn1.O=N[O-].O=S(=O)(O)O.O=c1cc(Br)cc[nH]1.[H-].[Na+].[Na+]. The Morgan fingerprint density at radius 1 is 0.591 bits per heavy atom. The molecule has 0 bridgehead atoms. The summed E-state index contributed by atoms with van der Waals surface area (Å²) in [6, 6.07) is 52.8. The van der Waals surface area contributed by atoms with Crippen molar-refractivity contribution in [2.75, 3.05) is 23.8 Å². The Hall–Kier alpha value is -5.97. The van der Waals surface area contributed by atoms with E-state index in [9.17, 15) is 33.9 Å². The molecule has 0 aliphatic carbocycles. The van der Waals surface area contributed by atoms with Gasteiger partial charge in [-0.15, -0.1) is 5.34 Å². The summed E-state index contributed by atoms with van der Waals surface area (Å²) in [5.74, 6) is 0.541. The van der Waals surface area contributed by atoms with Crippen molar-refractivity contribution in [3.63, 3.8) is 0 Å². The fourth-order valence-corrected chi connectivity index (χ4v) is 13.1. The maximum absolute atomic E-state index is 13.3. The molecule has 4 atom stereocenters. The predicted octanol–water partition coefficient (Wildman–Crippen LogP) is 10.9. The van der Waals surface area contributed by atoms with Crippen LogP contribution in [-0.2, 0) is 61.5 Å². The van der Waals surface area contributed by atoms with Gasteiger partial charge in [0.15, 0.2) is 0 Å². The van der Waals surface area contributed by atoms with Crippen LogP contribution < -0.4 is 92.5 Å². The third-order valence-electron chi connectivity index (χ3n) is 18.0. The summed E-state index contributed by atoms with van der Waals surface area (Å²) >= 11 is 14.9. The number of carbonyl (C=O) groups excluding carboxylic acids is 2. The summed E-state index contributed by atoms with van der Waals surface area (Å²) in [7, 11) is 0.0872. The summed E-state index contributed by atoms with van der Waals surface area (Å²) in [4.78, 5) is 90.3. The fourth-order valence-electron chi connectivity index (χ4n) is 11.8. The first kappa shape index (κ1) is 105. The molecule has 3 aliphatic rings. The summed E-state index contributed by atoms with van der Waals surface area (Å²) in [6.45, 7) is 23.4. The smallest absolute Gasteiger partial charge is 1.00 e. The van der Waals surface area contributed by atoms with Crippen molar-refractivity contribution >= 4 is 127 Å². The molecule has 9 aromatic rings. The zero-order valence-electron chi connectivity index (χ0n) is 68.6. The van der Waals surface area contributed by atoms with E-state index in [1.54, 1.807) is 93.6 Å². The molecule has 35 heteroatoms. The van der Waals surface area contributed by atoms with Crippen LogP contribution in [-0.4, -0.2) is 110 Å². The van der Waals surface area contributed by atoms with Gasteiger partial charge in [0.25, 0.3) is 16.7 Å². The van der Waals surface area contributed by atoms with Crippen molar-refractivity contribution in [1.29, 1.82) is 0 Å². The third kappa shape index (κ3) is 35.1. The van der Waals surface area contributed by atoms with Crippen LogP contribution in [0.1, 0.15) is 138 Å². The summed E-state index contributed by atoms with van der Waals surface area (Å²) in [5, 5.41) is 19.6. The quantitative estimate of drug-likeness (QED) is 0.0200. The Balaban J connectivity index is 0.000000754. The number of amides is 2. The summed E-state index contributed by atoms with van der Waals surface area (Å²) < 4.78 is 64.3. The number of aryl methyl sites for hydroxylation is 3. The second kappa shape index (κ2) is 48.3. The molecular formula is C80H99BBr4IN9Na2O17S. The second-order valence-corrected chi connectivity index (χ2v) is 33.6. The fraction of sp³-hybridized carbons (Fsp3) is 0.362. The van der Waals surface area contributed by atoms with Crippen LogP contribution in [0.2, 0.25) is 0 Å². The standard InChI is InChI=1S/C29H34N2O3.C28H38BNO5.2C6H6BrNO.C5H5BrN2.C5H4BrNO.CH3I.HNO2.2Na.H2O4S.H/c1-21(22-11-13-23(14-12-22)24-15-17-30(5)26(32)19-24)31-18-16-29(34-27(31)33,20-28(2,3)4)25-9-7-6-8-10-25;1-20(21-13-15-23(16-14-21)29-34-26(4,5)27(6,7)35-29)30-18-17-28(33-24(30)31,19-25(2,3)32)22-11-9-8-10-12-22;2*1-8-3-2-5(7)4-6(8)9;6-4-1-2-8-5(7)3-4;6-4-1-2-7-5(8)3-4;1-2;2-1-3;;;1-5(2,3)4;/h6-15,17,19,21H,16,18,20H2,1-5H3;8-16,20,32H,17-19H2,1-7H3;2*2-4H,1H3;1-3H,(H2,7,8);1-3H,(H,7,8);1H3;(H,2,3);;;(H2,1,2,3,4);/q;;;;;;;;2*+1;;-1/p-1/t21-,29-;20-,28-;;;;;;;;;;/m00........../s1. The number of anilines is 1. The second-order valence-electron chi connectivity index (χ2n) is 29.0. The zero-order chi connectivity index (χ0) is 85.0. The Bertz CT molecular complexity index is 4830. The maximum atomic E-state index is 13.3. The average molecular weight is 1990 g/mol. The van der Waals surface area contributed by atoms with Crippen LogP contribution >= 0.6 is 86.3 Å². The van der Waals surface area contributed by atoms with Crippen LogP contribution in [0.3, 0.4) is 0 Å². The molecule has 0 unspecified atom stereocenters. The number of pyridine rings is 5. The molecule has 3 aliphatic heterocycles. The molecule has 26 nitrogen and oxygen atoms in total. The van der Waals surface area contributed by atoms with E-state index in [0.717, 1.165) is 74.9 Å². The third-order valence-corrected chi connectivity index (χ3v) is 20.0. The first-order valence-corrected chi connectivity index (χ1v) is 41.9. The Labute approximate surface area is 765 Å². The number of nitrogens with zero attached hydrogens (tertiary/aromatic N) is 7. The van der Waals surface area contributed by atoms with E-state index in [4.69, 9.17) is 52.2 Å². The van der Waals surface area contributed by atoms with Gasteiger partial charge in [0, 0.05) is 127 Å². The number of H-pyrrole nitrogens is 1. The Morgan fingerprint density at radius 2 is 0.965 bits per heavy atom. The molecular weight excluding hydrogens is 1890 g/mol. The van der Waals surface area contributed by atoms with E-state index in [1.807, 2.05) is 173 Å². The van der Waals surface area contributed by atoms with E-state index in [1.165, 1.54) is 27.3 Å². The van der Waals surface area contributed by atoms with Crippen LogP contribution in [0.25, 0.3) is 11.1 Å². The van der Waals surface area contributed by atoms with Gasteiger partial charge in [-0.1, -0.05) is 216 Å². The van der Waals surface area contributed by atoms with Gasteiger partial charge in [0.2, 0.25) is 5.56 Å². The van der Waals surface area contributed by atoms with Gasteiger partial charge in [0.1, 0.15) is 17.0 Å². The van der Waals surface area contributed by atoms with Gasteiger partial charge in [-0.2, -0.15) is 8.42 Å². The number of cyclic esters (lactones) is 2. The Kier molecular flexibility index (Phi) is 44.2. The molecule has 0 saturated carbocycles. The first-order valence-electron chi connectivity index (χ1n) is 35.1. The number of aromatic nitrogens is 5. The average Bonchev–Trinajstić information content (AvgIpc) is 1.77. The largest absolute Gasteiger partial charge is 1.00 e. The van der Waals surface area contributed by atoms with Gasteiger partial charge < -0.3 is 69.6 Å². The molecule has 0 radical (unpaired) electrons. The molecule has 8 heterocycles. The molecule has 5 aromatic heterocycles. The topological polar surface area (TPSA) is 363 Å². The molecule has 3 saturated heterocycles. The molecule has 612 valence electrons. The van der Waals surface area contributed by atoms with Crippen molar-refractivity contribution < 1.29 is 112 Å². The van der Waals surface area contributed by atoms with E-state index < -0.39 is 45.5 Å². The number of ether oxygens (including phenoxy) is 2. The number of aromatic amines is 1. The molecule has 4 aromatic carbocycles. The van der Waals surface area contributed by atoms with Gasteiger partial charge >= 0.3 is 88.8 Å². The number of nitrogens with one attached hydrogen (secondary N) is 1. The summed E-state index contributed by atoms with van der Waals surface area (Å²) in [6.07, 6.45) is 10.2. The molecule has 6 N–H and O–H groups in total. The van der Waals surface area contributed by atoms with E-state index in [-0.39, 0.29) is 112 Å². The van der Waals surface area contributed by atoms with Crippen molar-refractivity contribution in [2.45, 2.75) is 142 Å². The van der Waals surface area contributed by atoms with Crippen LogP contribution in [0.5, 0.6) is 0 Å². The van der Waals surface area contributed by atoms with E-state index in [0.29, 0.717) is 31.7 Å². The molecule has 115 heavy (non-hydrogen) atoms. The van der Waals surface area contributed by atoms with Gasteiger partial charge in [0.05, 0.1) is 28.9 Å². The van der Waals surface area contributed by atoms with Crippen molar-refractivity contribution in [1.82, 2.24) is 33.5 Å². The maximum Gasteiger partial charge on any atom is 1.00 e. The number of nitrogens with two attached hydrogens (primary N) is 1. The van der Waals surface area contributed by atoms with Gasteiger partial charge in [-0.05, 0) is 147 Å². The van der Waals surface area contributed by atoms with E-state index in [2.05, 4.69) is 129 Å². The summed E-state index contributed by atoms with van der Waals surface area (Å²) in [5.41, 5.74) is 8.81. The number of benzene rings is 4.